The van der Waals surface area contributed by atoms with Crippen LogP contribution in [0.4, 0.5) is 0 Å². The van der Waals surface area contributed by atoms with Gasteiger partial charge in [0.25, 0.3) is 0 Å². The summed E-state index contributed by atoms with van der Waals surface area (Å²) in [4.78, 5) is 26.8. The van der Waals surface area contributed by atoms with E-state index in [0.29, 0.717) is 45.6 Å². The maximum absolute atomic E-state index is 13.0. The molecular weight excluding hydrogens is 360 g/mol. The van der Waals surface area contributed by atoms with Crippen LogP contribution in [0.5, 0.6) is 11.5 Å². The van der Waals surface area contributed by atoms with Gasteiger partial charge in [-0.05, 0) is 13.8 Å². The van der Waals surface area contributed by atoms with Crippen molar-refractivity contribution in [2.45, 2.75) is 13.8 Å². The highest BCUT2D eigenvalue weighted by Crippen LogP contribution is 2.44. The van der Waals surface area contributed by atoms with Gasteiger partial charge in [0, 0.05) is 11.1 Å². The number of carbonyl (C=O) groups excluding carboxylic acids is 2. The lowest BCUT2D eigenvalue weighted by molar-refractivity contribution is 0.102. The summed E-state index contributed by atoms with van der Waals surface area (Å²) in [6.07, 6.45) is 0. The summed E-state index contributed by atoms with van der Waals surface area (Å²) in [6.45, 7) is 4.40. The van der Waals surface area contributed by atoms with Crippen molar-refractivity contribution in [2.75, 3.05) is 13.2 Å². The van der Waals surface area contributed by atoms with Crippen LogP contribution in [0.3, 0.4) is 0 Å². The fourth-order valence-corrected chi connectivity index (χ4v) is 3.81. The Morgan fingerprint density at radius 3 is 1.41 bits per heavy atom. The number of benzene rings is 2. The number of thiophene rings is 1. The van der Waals surface area contributed by atoms with Crippen molar-refractivity contribution in [3.63, 3.8) is 0 Å². The number of hydrogen-bond acceptors (Lipinski definition) is 5. The first kappa shape index (κ1) is 18.9. The summed E-state index contributed by atoms with van der Waals surface area (Å²) < 4.78 is 11.5. The Kier molecular flexibility index (Phi) is 6.04. The molecule has 0 aliphatic carbocycles. The summed E-state index contributed by atoms with van der Waals surface area (Å²) in [5.74, 6) is 0.323. The molecule has 0 aliphatic rings. The van der Waals surface area contributed by atoms with E-state index < -0.39 is 0 Å². The van der Waals surface area contributed by atoms with Gasteiger partial charge in [-0.15, -0.1) is 11.3 Å². The second kappa shape index (κ2) is 8.64. The lowest BCUT2D eigenvalue weighted by atomic mass is 10.1. The number of ether oxygens (including phenoxy) is 2. The highest BCUT2D eigenvalue weighted by atomic mass is 32.1. The number of carbonyl (C=O) groups is 2. The minimum Gasteiger partial charge on any atom is -0.488 e. The second-order valence-electron chi connectivity index (χ2n) is 5.67. The van der Waals surface area contributed by atoms with E-state index in [1.807, 2.05) is 26.0 Å². The largest absolute Gasteiger partial charge is 0.488 e. The summed E-state index contributed by atoms with van der Waals surface area (Å²) >= 11 is 1.12. The van der Waals surface area contributed by atoms with Gasteiger partial charge in [-0.25, -0.2) is 0 Å². The van der Waals surface area contributed by atoms with Crippen LogP contribution in [-0.2, 0) is 0 Å². The van der Waals surface area contributed by atoms with E-state index in [1.165, 1.54) is 0 Å². The molecule has 5 heteroatoms. The summed E-state index contributed by atoms with van der Waals surface area (Å²) in [5.41, 5.74) is 1.09. The molecule has 1 aromatic heterocycles. The van der Waals surface area contributed by atoms with Crippen molar-refractivity contribution >= 4 is 22.9 Å². The first-order valence-electron chi connectivity index (χ1n) is 8.79. The molecule has 0 saturated heterocycles. The third kappa shape index (κ3) is 3.93. The molecule has 4 nitrogen and oxygen atoms in total. The van der Waals surface area contributed by atoms with Crippen molar-refractivity contribution in [2.24, 2.45) is 0 Å². The molecule has 3 rings (SSSR count). The Balaban J connectivity index is 2.13. The average Bonchev–Trinajstić information content (AvgIpc) is 3.07. The second-order valence-corrected chi connectivity index (χ2v) is 6.70. The minimum absolute atomic E-state index is 0.183. The van der Waals surface area contributed by atoms with Gasteiger partial charge in [0.2, 0.25) is 11.6 Å². The molecular formula is C22H20O4S. The van der Waals surface area contributed by atoms with Crippen molar-refractivity contribution < 1.29 is 19.1 Å². The predicted octanol–water partition coefficient (Wildman–Crippen LogP) is 5.01. The average molecular weight is 380 g/mol. The molecule has 0 fully saturated rings. The first-order valence-corrected chi connectivity index (χ1v) is 9.60. The van der Waals surface area contributed by atoms with Crippen LogP contribution in [0, 0.1) is 0 Å². The predicted molar refractivity (Wildman–Crippen MR) is 106 cm³/mol. The fourth-order valence-electron chi connectivity index (χ4n) is 2.69. The zero-order valence-electron chi connectivity index (χ0n) is 15.2. The van der Waals surface area contributed by atoms with E-state index in [9.17, 15) is 9.59 Å². The smallest absolute Gasteiger partial charge is 0.206 e. The third-order valence-electron chi connectivity index (χ3n) is 3.88. The minimum atomic E-state index is -0.183. The Morgan fingerprint density at radius 2 is 1.07 bits per heavy atom. The quantitative estimate of drug-likeness (QED) is 0.516. The van der Waals surface area contributed by atoms with Crippen molar-refractivity contribution in [3.8, 4) is 11.5 Å². The molecule has 0 aliphatic heterocycles. The lowest BCUT2D eigenvalue weighted by Crippen LogP contribution is -2.05. The van der Waals surface area contributed by atoms with Crippen LogP contribution >= 0.6 is 11.3 Å². The lowest BCUT2D eigenvalue weighted by Gasteiger charge is -2.09. The van der Waals surface area contributed by atoms with E-state index in [4.69, 9.17) is 9.47 Å². The zero-order chi connectivity index (χ0) is 19.2. The van der Waals surface area contributed by atoms with E-state index in [1.54, 1.807) is 48.5 Å². The number of rotatable bonds is 8. The van der Waals surface area contributed by atoms with Gasteiger partial charge >= 0.3 is 0 Å². The first-order chi connectivity index (χ1) is 13.2. The Morgan fingerprint density at radius 1 is 0.704 bits per heavy atom. The van der Waals surface area contributed by atoms with Crippen LogP contribution in [0.25, 0.3) is 0 Å². The SMILES string of the molecule is CCOc1c(C(=O)c2ccccc2)sc(C(=O)c2ccccc2)c1OCC. The van der Waals surface area contributed by atoms with Crippen LogP contribution in [0.2, 0.25) is 0 Å². The van der Waals surface area contributed by atoms with Crippen LogP contribution in [-0.4, -0.2) is 24.8 Å². The molecule has 138 valence electrons. The highest BCUT2D eigenvalue weighted by Gasteiger charge is 2.30. The summed E-state index contributed by atoms with van der Waals surface area (Å²) in [6, 6.07) is 17.9. The van der Waals surface area contributed by atoms with Gasteiger partial charge in [-0.3, -0.25) is 9.59 Å². The van der Waals surface area contributed by atoms with E-state index in [-0.39, 0.29) is 11.6 Å². The van der Waals surface area contributed by atoms with Gasteiger partial charge in [0.05, 0.1) is 13.2 Å². The topological polar surface area (TPSA) is 52.6 Å². The van der Waals surface area contributed by atoms with Crippen molar-refractivity contribution in [1.29, 1.82) is 0 Å². The summed E-state index contributed by atoms with van der Waals surface area (Å²) in [5, 5.41) is 0. The Hall–Kier alpha value is -2.92. The molecule has 0 bridgehead atoms. The third-order valence-corrected chi connectivity index (χ3v) is 5.03. The molecule has 0 atom stereocenters. The van der Waals surface area contributed by atoms with Gasteiger partial charge in [0.1, 0.15) is 9.75 Å². The molecule has 3 aromatic rings. The summed E-state index contributed by atoms with van der Waals surface area (Å²) in [7, 11) is 0. The normalized spacial score (nSPS) is 10.4. The maximum Gasteiger partial charge on any atom is 0.206 e. The van der Waals surface area contributed by atoms with Gasteiger partial charge in [-0.1, -0.05) is 60.7 Å². The number of hydrogen-bond donors (Lipinski definition) is 0. The van der Waals surface area contributed by atoms with Crippen LogP contribution in [0.15, 0.2) is 60.7 Å². The number of ketones is 2. The van der Waals surface area contributed by atoms with Crippen LogP contribution < -0.4 is 9.47 Å². The van der Waals surface area contributed by atoms with Crippen molar-refractivity contribution in [3.05, 3.63) is 81.5 Å². The van der Waals surface area contributed by atoms with E-state index in [0.717, 1.165) is 11.3 Å². The van der Waals surface area contributed by atoms with Crippen LogP contribution in [0.1, 0.15) is 44.3 Å². The molecule has 0 unspecified atom stereocenters. The Bertz CT molecular complexity index is 854. The maximum atomic E-state index is 13.0. The molecule has 0 radical (unpaired) electrons. The molecule has 0 amide bonds. The Labute approximate surface area is 162 Å². The van der Waals surface area contributed by atoms with Crippen molar-refractivity contribution in [1.82, 2.24) is 0 Å². The molecule has 0 spiro atoms. The molecule has 2 aromatic carbocycles. The molecule has 1 heterocycles. The van der Waals surface area contributed by atoms with Gasteiger partial charge in [-0.2, -0.15) is 0 Å². The van der Waals surface area contributed by atoms with Gasteiger partial charge in [0.15, 0.2) is 11.5 Å². The molecule has 0 N–H and O–H groups in total. The molecule has 0 saturated carbocycles. The zero-order valence-corrected chi connectivity index (χ0v) is 16.0. The standard InChI is InChI=1S/C22H20O4S/c1-3-25-19-20(26-4-2)22(18(24)16-13-9-6-10-14-16)27-21(19)17(23)15-11-7-5-8-12-15/h5-14H,3-4H2,1-2H3. The van der Waals surface area contributed by atoms with Gasteiger partial charge < -0.3 is 9.47 Å². The fraction of sp³-hybridized carbons (Fsp3) is 0.182. The van der Waals surface area contributed by atoms with E-state index in [2.05, 4.69) is 0 Å². The highest BCUT2D eigenvalue weighted by molar-refractivity contribution is 7.17. The monoisotopic (exact) mass is 380 g/mol. The van der Waals surface area contributed by atoms with E-state index >= 15 is 0 Å². The molecule has 27 heavy (non-hydrogen) atoms.